The van der Waals surface area contributed by atoms with Crippen molar-refractivity contribution in [1.29, 1.82) is 0 Å². The van der Waals surface area contributed by atoms with E-state index in [0.29, 0.717) is 25.3 Å². The van der Waals surface area contributed by atoms with Gasteiger partial charge in [-0.25, -0.2) is 0 Å². The minimum absolute atomic E-state index is 0.0488. The third-order valence-corrected chi connectivity index (χ3v) is 5.01. The summed E-state index contributed by atoms with van der Waals surface area (Å²) in [6.45, 7) is 6.06. The summed E-state index contributed by atoms with van der Waals surface area (Å²) >= 11 is 0. The van der Waals surface area contributed by atoms with Crippen molar-refractivity contribution in [2.45, 2.75) is 45.3 Å². The van der Waals surface area contributed by atoms with Crippen molar-refractivity contribution in [3.05, 3.63) is 29.8 Å². The zero-order chi connectivity index (χ0) is 18.8. The molecule has 2 saturated heterocycles. The van der Waals surface area contributed by atoms with E-state index in [1.54, 1.807) is 16.7 Å². The minimum atomic E-state index is -0.518. The monoisotopic (exact) mass is 359 g/mol. The van der Waals surface area contributed by atoms with Crippen LogP contribution in [0.3, 0.4) is 0 Å². The predicted octanol–water partition coefficient (Wildman–Crippen LogP) is 0.710. The Morgan fingerprint density at radius 2 is 2.08 bits per heavy atom. The highest BCUT2D eigenvalue weighted by molar-refractivity contribution is 5.89. The van der Waals surface area contributed by atoms with Crippen LogP contribution in [0.5, 0.6) is 5.75 Å². The van der Waals surface area contributed by atoms with Gasteiger partial charge in [-0.3, -0.25) is 14.4 Å². The van der Waals surface area contributed by atoms with Gasteiger partial charge in [-0.1, -0.05) is 12.1 Å². The molecule has 0 radical (unpaired) electrons. The number of hydrogen-bond donors (Lipinski definition) is 1. The summed E-state index contributed by atoms with van der Waals surface area (Å²) in [6, 6.07) is 6.89. The first kappa shape index (κ1) is 18.2. The van der Waals surface area contributed by atoms with Crippen LogP contribution in [0.4, 0.5) is 0 Å². The molecule has 0 aliphatic carbocycles. The van der Waals surface area contributed by atoms with Gasteiger partial charge in [0.25, 0.3) is 5.91 Å². The Kier molecular flexibility index (Phi) is 5.15. The molecular weight excluding hydrogens is 334 g/mol. The molecule has 3 amide bonds. The number of benzene rings is 1. The first-order chi connectivity index (χ1) is 12.3. The summed E-state index contributed by atoms with van der Waals surface area (Å²) in [4.78, 5) is 39.9. The summed E-state index contributed by atoms with van der Waals surface area (Å²) in [5, 5.41) is 2.87. The first-order valence-electron chi connectivity index (χ1n) is 8.91. The lowest BCUT2D eigenvalue weighted by atomic mass is 10.1. The van der Waals surface area contributed by atoms with Gasteiger partial charge in [-0.05, 0) is 38.0 Å². The molecule has 2 aliphatic rings. The Morgan fingerprint density at radius 3 is 2.77 bits per heavy atom. The number of piperazine rings is 1. The van der Waals surface area contributed by atoms with Crippen molar-refractivity contribution >= 4 is 17.7 Å². The molecule has 0 aromatic heterocycles. The molecule has 3 atom stereocenters. The van der Waals surface area contributed by atoms with Gasteiger partial charge in [0.05, 0.1) is 6.04 Å². The number of ether oxygens (including phenoxy) is 1. The van der Waals surface area contributed by atoms with E-state index in [-0.39, 0.29) is 36.4 Å². The quantitative estimate of drug-likeness (QED) is 0.859. The van der Waals surface area contributed by atoms with Gasteiger partial charge < -0.3 is 19.9 Å². The Morgan fingerprint density at radius 1 is 1.31 bits per heavy atom. The molecule has 0 bridgehead atoms. The lowest BCUT2D eigenvalue weighted by molar-refractivity contribution is -0.153. The lowest BCUT2D eigenvalue weighted by Gasteiger charge is -2.41. The topological polar surface area (TPSA) is 79.0 Å². The number of hydrogen-bond acceptors (Lipinski definition) is 4. The fourth-order valence-electron chi connectivity index (χ4n) is 3.76. The zero-order valence-electron chi connectivity index (χ0n) is 15.4. The summed E-state index contributed by atoms with van der Waals surface area (Å²) in [5.41, 5.74) is 1.06. The van der Waals surface area contributed by atoms with Gasteiger partial charge in [0, 0.05) is 26.1 Å². The lowest BCUT2D eigenvalue weighted by Crippen LogP contribution is -2.60. The van der Waals surface area contributed by atoms with Crippen molar-refractivity contribution in [2.24, 2.45) is 0 Å². The van der Waals surface area contributed by atoms with Crippen LogP contribution in [-0.4, -0.2) is 65.3 Å². The predicted molar refractivity (Wildman–Crippen MR) is 95.6 cm³/mol. The molecular formula is C19H25N3O4. The molecule has 0 spiro atoms. The van der Waals surface area contributed by atoms with E-state index >= 15 is 0 Å². The van der Waals surface area contributed by atoms with Crippen LogP contribution in [0.15, 0.2) is 24.3 Å². The number of nitrogens with one attached hydrogen (secondary N) is 1. The maximum atomic E-state index is 12.7. The molecule has 1 N–H and O–H groups in total. The van der Waals surface area contributed by atoms with E-state index in [1.807, 2.05) is 31.2 Å². The van der Waals surface area contributed by atoms with Crippen molar-refractivity contribution in [2.75, 3.05) is 19.7 Å². The summed E-state index contributed by atoms with van der Waals surface area (Å²) < 4.78 is 5.60. The summed E-state index contributed by atoms with van der Waals surface area (Å²) in [5.74, 6) is 0.269. The smallest absolute Gasteiger partial charge is 0.261 e. The van der Waals surface area contributed by atoms with E-state index in [9.17, 15) is 14.4 Å². The van der Waals surface area contributed by atoms with Gasteiger partial charge >= 0.3 is 0 Å². The molecule has 7 heteroatoms. The van der Waals surface area contributed by atoms with Gasteiger partial charge in [-0.2, -0.15) is 0 Å². The van der Waals surface area contributed by atoms with E-state index in [2.05, 4.69) is 5.32 Å². The number of carbonyl (C=O) groups is 3. The maximum Gasteiger partial charge on any atom is 0.261 e. The molecule has 3 rings (SSSR count). The molecule has 7 nitrogen and oxygen atoms in total. The zero-order valence-corrected chi connectivity index (χ0v) is 15.4. The van der Waals surface area contributed by atoms with E-state index in [1.165, 1.54) is 6.92 Å². The number of carbonyl (C=O) groups excluding carboxylic acids is 3. The fourth-order valence-corrected chi connectivity index (χ4v) is 3.76. The van der Waals surface area contributed by atoms with Crippen molar-refractivity contribution in [1.82, 2.24) is 15.1 Å². The molecule has 2 heterocycles. The van der Waals surface area contributed by atoms with Gasteiger partial charge in [-0.15, -0.1) is 0 Å². The third-order valence-electron chi connectivity index (χ3n) is 5.01. The SMILES string of the molecule is CC(=O)NC1CC2CN(C(=O)COc3cccc(C)c3)C(C)C(=O)N2C1. The molecule has 3 unspecified atom stereocenters. The van der Waals surface area contributed by atoms with Crippen molar-refractivity contribution in [3.63, 3.8) is 0 Å². The number of nitrogens with zero attached hydrogens (tertiary/aromatic N) is 2. The van der Waals surface area contributed by atoms with Gasteiger partial charge in [0.15, 0.2) is 6.61 Å². The number of fused-ring (bicyclic) bond motifs is 1. The van der Waals surface area contributed by atoms with E-state index in [0.717, 1.165) is 5.56 Å². The van der Waals surface area contributed by atoms with Crippen LogP contribution in [0.1, 0.15) is 25.8 Å². The van der Waals surface area contributed by atoms with Crippen LogP contribution in [0.25, 0.3) is 0 Å². The maximum absolute atomic E-state index is 12.7. The van der Waals surface area contributed by atoms with Crippen molar-refractivity contribution in [3.8, 4) is 5.75 Å². The molecule has 1 aromatic carbocycles. The second kappa shape index (κ2) is 7.35. The van der Waals surface area contributed by atoms with Crippen molar-refractivity contribution < 1.29 is 19.1 Å². The fraction of sp³-hybridized carbons (Fsp3) is 0.526. The molecule has 26 heavy (non-hydrogen) atoms. The highest BCUT2D eigenvalue weighted by Crippen LogP contribution is 2.26. The average Bonchev–Trinajstić information content (AvgIpc) is 2.98. The Balaban J connectivity index is 1.62. The second-order valence-corrected chi connectivity index (χ2v) is 7.10. The highest BCUT2D eigenvalue weighted by atomic mass is 16.5. The highest BCUT2D eigenvalue weighted by Gasteiger charge is 2.45. The Bertz CT molecular complexity index is 720. The standard InChI is InChI=1S/C19H25N3O4/c1-12-5-4-6-17(7-12)26-11-18(24)21-10-16-8-15(20-14(3)23)9-22(16)19(25)13(21)2/h4-7,13,15-16H,8-11H2,1-3H3,(H,20,23). The third kappa shape index (κ3) is 3.81. The van der Waals surface area contributed by atoms with Crippen LogP contribution in [0.2, 0.25) is 0 Å². The molecule has 2 aliphatic heterocycles. The normalized spacial score (nSPS) is 25.0. The molecule has 1 aromatic rings. The van der Waals surface area contributed by atoms with Gasteiger partial charge in [0.1, 0.15) is 11.8 Å². The minimum Gasteiger partial charge on any atom is -0.484 e. The second-order valence-electron chi connectivity index (χ2n) is 7.10. The number of amides is 3. The van der Waals surface area contributed by atoms with Gasteiger partial charge in [0.2, 0.25) is 11.8 Å². The molecule has 140 valence electrons. The molecule has 2 fully saturated rings. The number of aryl methyl sites for hydroxylation is 1. The van der Waals surface area contributed by atoms with Crippen LogP contribution in [-0.2, 0) is 14.4 Å². The van der Waals surface area contributed by atoms with E-state index < -0.39 is 6.04 Å². The Labute approximate surface area is 153 Å². The summed E-state index contributed by atoms with van der Waals surface area (Å²) in [7, 11) is 0. The summed E-state index contributed by atoms with van der Waals surface area (Å²) in [6.07, 6.45) is 0.667. The molecule has 0 saturated carbocycles. The average molecular weight is 359 g/mol. The largest absolute Gasteiger partial charge is 0.484 e. The first-order valence-corrected chi connectivity index (χ1v) is 8.91. The van der Waals surface area contributed by atoms with Crippen LogP contribution >= 0.6 is 0 Å². The Hall–Kier alpha value is -2.57. The van der Waals surface area contributed by atoms with E-state index in [4.69, 9.17) is 4.74 Å². The van der Waals surface area contributed by atoms with Crippen LogP contribution < -0.4 is 10.1 Å². The van der Waals surface area contributed by atoms with Crippen LogP contribution in [0, 0.1) is 6.92 Å². The number of rotatable bonds is 4.